The van der Waals surface area contributed by atoms with Crippen LogP contribution in [-0.4, -0.2) is 14.8 Å². The van der Waals surface area contributed by atoms with Crippen molar-refractivity contribution in [3.8, 4) is 0 Å². The molecule has 17 heavy (non-hydrogen) atoms. The summed E-state index contributed by atoms with van der Waals surface area (Å²) in [6.07, 6.45) is 1.80. The highest BCUT2D eigenvalue weighted by atomic mass is 79.9. The van der Waals surface area contributed by atoms with E-state index in [1.165, 1.54) is 0 Å². The van der Waals surface area contributed by atoms with Gasteiger partial charge in [0.2, 0.25) is 0 Å². The number of hydrogen-bond donors (Lipinski definition) is 1. The first-order valence-corrected chi connectivity index (χ1v) is 6.24. The predicted octanol–water partition coefficient (Wildman–Crippen LogP) is 2.16. The third-order valence-corrected chi connectivity index (χ3v) is 3.30. The molecule has 0 bridgehead atoms. The van der Waals surface area contributed by atoms with Crippen LogP contribution in [0.4, 0.5) is 0 Å². The predicted molar refractivity (Wildman–Crippen MR) is 70.6 cm³/mol. The monoisotopic (exact) mass is 294 g/mol. The highest BCUT2D eigenvalue weighted by Crippen LogP contribution is 2.14. The van der Waals surface area contributed by atoms with Crippen molar-refractivity contribution in [3.63, 3.8) is 0 Å². The Morgan fingerprint density at radius 2 is 2.12 bits per heavy atom. The van der Waals surface area contributed by atoms with E-state index in [0.29, 0.717) is 13.1 Å². The van der Waals surface area contributed by atoms with Gasteiger partial charge in [-0.2, -0.15) is 5.10 Å². The van der Waals surface area contributed by atoms with Crippen LogP contribution in [0, 0.1) is 13.8 Å². The van der Waals surface area contributed by atoms with Gasteiger partial charge in [0.05, 0.1) is 17.9 Å². The highest BCUT2D eigenvalue weighted by molar-refractivity contribution is 9.10. The van der Waals surface area contributed by atoms with Gasteiger partial charge in [-0.15, -0.1) is 0 Å². The van der Waals surface area contributed by atoms with Crippen LogP contribution in [0.15, 0.2) is 22.8 Å². The maximum atomic E-state index is 5.70. The van der Waals surface area contributed by atoms with E-state index in [9.17, 15) is 0 Å². The maximum absolute atomic E-state index is 5.70. The molecule has 0 amide bonds. The molecule has 90 valence electrons. The first kappa shape index (κ1) is 12.3. The van der Waals surface area contributed by atoms with Gasteiger partial charge < -0.3 is 5.73 Å². The number of pyridine rings is 1. The van der Waals surface area contributed by atoms with Gasteiger partial charge in [0.15, 0.2) is 0 Å². The van der Waals surface area contributed by atoms with Crippen molar-refractivity contribution < 1.29 is 0 Å². The topological polar surface area (TPSA) is 56.7 Å². The molecule has 0 fully saturated rings. The summed E-state index contributed by atoms with van der Waals surface area (Å²) in [4.78, 5) is 4.34. The highest BCUT2D eigenvalue weighted by Gasteiger charge is 2.10. The maximum Gasteiger partial charge on any atom is 0.0834 e. The molecular weight excluding hydrogens is 280 g/mol. The Kier molecular flexibility index (Phi) is 3.59. The van der Waals surface area contributed by atoms with Crippen LogP contribution in [0.2, 0.25) is 0 Å². The molecule has 0 aromatic carbocycles. The zero-order valence-electron chi connectivity index (χ0n) is 9.94. The second-order valence-electron chi connectivity index (χ2n) is 3.98. The molecule has 0 radical (unpaired) electrons. The molecule has 0 aliphatic heterocycles. The summed E-state index contributed by atoms with van der Waals surface area (Å²) in [7, 11) is 0. The average Bonchev–Trinajstić information content (AvgIpc) is 2.57. The summed E-state index contributed by atoms with van der Waals surface area (Å²) in [5, 5.41) is 4.48. The SMILES string of the molecule is Cc1nn(Cc2ccc(Br)cn2)c(C)c1CN. The van der Waals surface area contributed by atoms with Crippen LogP contribution in [-0.2, 0) is 13.1 Å². The van der Waals surface area contributed by atoms with Crippen molar-refractivity contribution in [1.82, 2.24) is 14.8 Å². The summed E-state index contributed by atoms with van der Waals surface area (Å²) in [5.41, 5.74) is 9.94. The van der Waals surface area contributed by atoms with E-state index in [2.05, 4.69) is 26.0 Å². The number of aryl methyl sites for hydroxylation is 1. The van der Waals surface area contributed by atoms with E-state index in [0.717, 1.165) is 27.1 Å². The fraction of sp³-hybridized carbons (Fsp3) is 0.333. The Balaban J connectivity index is 2.27. The van der Waals surface area contributed by atoms with Gasteiger partial charge in [-0.25, -0.2) is 0 Å². The Bertz CT molecular complexity index is 516. The molecule has 5 heteroatoms. The summed E-state index contributed by atoms with van der Waals surface area (Å²) in [5.74, 6) is 0. The van der Waals surface area contributed by atoms with Crippen LogP contribution in [0.3, 0.4) is 0 Å². The van der Waals surface area contributed by atoms with Gasteiger partial charge in [-0.1, -0.05) is 0 Å². The number of nitrogens with two attached hydrogens (primary N) is 1. The van der Waals surface area contributed by atoms with Crippen LogP contribution in [0.25, 0.3) is 0 Å². The summed E-state index contributed by atoms with van der Waals surface area (Å²) < 4.78 is 2.94. The first-order valence-electron chi connectivity index (χ1n) is 5.45. The second kappa shape index (κ2) is 4.98. The Morgan fingerprint density at radius 3 is 2.65 bits per heavy atom. The van der Waals surface area contributed by atoms with Crippen LogP contribution < -0.4 is 5.73 Å². The van der Waals surface area contributed by atoms with Gasteiger partial charge in [0.1, 0.15) is 0 Å². The van der Waals surface area contributed by atoms with Gasteiger partial charge in [0.25, 0.3) is 0 Å². The third kappa shape index (κ3) is 2.56. The lowest BCUT2D eigenvalue weighted by atomic mass is 10.2. The largest absolute Gasteiger partial charge is 0.326 e. The Hall–Kier alpha value is -1.20. The summed E-state index contributed by atoms with van der Waals surface area (Å²) >= 11 is 3.37. The zero-order chi connectivity index (χ0) is 12.4. The minimum Gasteiger partial charge on any atom is -0.326 e. The molecule has 2 aromatic heterocycles. The van der Waals surface area contributed by atoms with E-state index in [1.54, 1.807) is 6.20 Å². The fourth-order valence-corrected chi connectivity index (χ4v) is 2.07. The van der Waals surface area contributed by atoms with Gasteiger partial charge in [-0.05, 0) is 41.9 Å². The number of hydrogen-bond acceptors (Lipinski definition) is 3. The number of aromatic nitrogens is 3. The minimum absolute atomic E-state index is 0.533. The van der Waals surface area contributed by atoms with Gasteiger partial charge in [0, 0.05) is 28.5 Å². The molecule has 2 heterocycles. The average molecular weight is 295 g/mol. The Labute approximate surface area is 109 Å². The molecule has 4 nitrogen and oxygen atoms in total. The van der Waals surface area contributed by atoms with Crippen molar-refractivity contribution in [1.29, 1.82) is 0 Å². The van der Waals surface area contributed by atoms with Crippen molar-refractivity contribution in [2.24, 2.45) is 5.73 Å². The lowest BCUT2D eigenvalue weighted by Gasteiger charge is -2.04. The smallest absolute Gasteiger partial charge is 0.0834 e. The molecule has 0 spiro atoms. The normalized spacial score (nSPS) is 10.8. The van der Waals surface area contributed by atoms with Crippen molar-refractivity contribution >= 4 is 15.9 Å². The molecule has 0 aliphatic carbocycles. The van der Waals surface area contributed by atoms with Gasteiger partial charge in [-0.3, -0.25) is 9.67 Å². The minimum atomic E-state index is 0.533. The quantitative estimate of drug-likeness (QED) is 0.944. The lowest BCUT2D eigenvalue weighted by molar-refractivity contribution is 0.646. The van der Waals surface area contributed by atoms with Crippen LogP contribution in [0.5, 0.6) is 0 Å². The molecule has 2 aromatic rings. The summed E-state index contributed by atoms with van der Waals surface area (Å²) in [6.45, 7) is 5.24. The van der Waals surface area contributed by atoms with Crippen molar-refractivity contribution in [2.45, 2.75) is 26.9 Å². The van der Waals surface area contributed by atoms with Crippen LogP contribution >= 0.6 is 15.9 Å². The number of nitrogens with zero attached hydrogens (tertiary/aromatic N) is 3. The number of rotatable bonds is 3. The van der Waals surface area contributed by atoms with E-state index < -0.39 is 0 Å². The van der Waals surface area contributed by atoms with Crippen LogP contribution in [0.1, 0.15) is 22.6 Å². The number of halogens is 1. The molecule has 0 saturated heterocycles. The molecule has 0 unspecified atom stereocenters. The first-order chi connectivity index (χ1) is 8.11. The molecule has 0 saturated carbocycles. The molecule has 0 aliphatic rings. The molecule has 2 N–H and O–H groups in total. The molecule has 0 atom stereocenters. The van der Waals surface area contributed by atoms with E-state index in [4.69, 9.17) is 5.73 Å². The molecular formula is C12H15BrN4. The molecule has 2 rings (SSSR count). The lowest BCUT2D eigenvalue weighted by Crippen LogP contribution is -2.06. The van der Waals surface area contributed by atoms with Gasteiger partial charge >= 0.3 is 0 Å². The van der Waals surface area contributed by atoms with Crippen molar-refractivity contribution in [3.05, 3.63) is 45.4 Å². The summed E-state index contributed by atoms with van der Waals surface area (Å²) in [6, 6.07) is 3.97. The van der Waals surface area contributed by atoms with E-state index in [1.807, 2.05) is 30.7 Å². The Morgan fingerprint density at radius 1 is 1.35 bits per heavy atom. The third-order valence-electron chi connectivity index (χ3n) is 2.84. The van der Waals surface area contributed by atoms with E-state index >= 15 is 0 Å². The fourth-order valence-electron chi connectivity index (χ4n) is 1.84. The van der Waals surface area contributed by atoms with E-state index in [-0.39, 0.29) is 0 Å². The second-order valence-corrected chi connectivity index (χ2v) is 4.89. The zero-order valence-corrected chi connectivity index (χ0v) is 11.5. The standard InChI is InChI=1S/C12H15BrN4/c1-8-12(5-14)9(2)17(16-8)7-11-4-3-10(13)6-15-11/h3-4,6H,5,7,14H2,1-2H3. The van der Waals surface area contributed by atoms with Crippen molar-refractivity contribution in [2.75, 3.05) is 0 Å².